The first-order chi connectivity index (χ1) is 16.3. The number of aryl methyl sites for hydroxylation is 1. The second-order valence-corrected chi connectivity index (χ2v) is 8.25. The van der Waals surface area contributed by atoms with Crippen LogP contribution in [0.15, 0.2) is 40.2 Å². The third kappa shape index (κ3) is 4.46. The topological polar surface area (TPSA) is 115 Å². The van der Waals surface area contributed by atoms with Gasteiger partial charge in [-0.3, -0.25) is 23.6 Å². The second kappa shape index (κ2) is 9.56. The number of carbonyl (C=O) groups excluding carboxylic acids is 1. The molecule has 11 heteroatoms. The van der Waals surface area contributed by atoms with E-state index in [9.17, 15) is 19.5 Å². The van der Waals surface area contributed by atoms with Crippen LogP contribution in [0.25, 0.3) is 17.2 Å². The molecule has 3 heterocycles. The third-order valence-electron chi connectivity index (χ3n) is 6.18. The Morgan fingerprint density at radius 2 is 1.85 bits per heavy atom. The van der Waals surface area contributed by atoms with Crippen molar-refractivity contribution in [3.63, 3.8) is 0 Å². The van der Waals surface area contributed by atoms with Crippen molar-refractivity contribution in [3.8, 4) is 11.5 Å². The maximum absolute atomic E-state index is 12.6. The number of benzene rings is 1. The number of piperazine rings is 1. The molecule has 34 heavy (non-hydrogen) atoms. The van der Waals surface area contributed by atoms with Gasteiger partial charge in [-0.05, 0) is 23.8 Å². The summed E-state index contributed by atoms with van der Waals surface area (Å²) in [6.07, 6.45) is 4.82. The van der Waals surface area contributed by atoms with Gasteiger partial charge in [0.05, 0.1) is 13.4 Å². The summed E-state index contributed by atoms with van der Waals surface area (Å²) in [5.41, 5.74) is 0.792. The maximum atomic E-state index is 12.6. The number of aromatic hydroxyl groups is 1. The highest BCUT2D eigenvalue weighted by molar-refractivity contribution is 5.92. The molecule has 2 aromatic heterocycles. The van der Waals surface area contributed by atoms with E-state index in [1.807, 2.05) is 0 Å². The van der Waals surface area contributed by atoms with E-state index in [0.29, 0.717) is 43.1 Å². The Hall–Kier alpha value is -3.86. The van der Waals surface area contributed by atoms with Crippen LogP contribution in [0.2, 0.25) is 0 Å². The van der Waals surface area contributed by atoms with Crippen molar-refractivity contribution >= 4 is 23.1 Å². The highest BCUT2D eigenvalue weighted by Gasteiger charge is 2.20. The van der Waals surface area contributed by atoms with Gasteiger partial charge in [-0.25, -0.2) is 9.78 Å². The SMILES string of the molecule is COc1cc(/C=C/C(=O)N2CCN(CCn3cnc4c3c(=O)n(C)c(=O)n4C)CC2)ccc1O. The molecule has 1 amide bonds. The zero-order valence-corrected chi connectivity index (χ0v) is 19.5. The van der Waals surface area contributed by atoms with Crippen LogP contribution >= 0.6 is 0 Å². The van der Waals surface area contributed by atoms with Gasteiger partial charge in [-0.15, -0.1) is 0 Å². The Morgan fingerprint density at radius 1 is 1.12 bits per heavy atom. The third-order valence-corrected chi connectivity index (χ3v) is 6.18. The lowest BCUT2D eigenvalue weighted by Crippen LogP contribution is -2.49. The number of hydrogen-bond acceptors (Lipinski definition) is 7. The quantitative estimate of drug-likeness (QED) is 0.507. The summed E-state index contributed by atoms with van der Waals surface area (Å²) in [5, 5.41) is 9.68. The van der Waals surface area contributed by atoms with E-state index in [2.05, 4.69) is 9.88 Å². The molecule has 0 radical (unpaired) electrons. The molecule has 4 rings (SSSR count). The van der Waals surface area contributed by atoms with Gasteiger partial charge in [0.25, 0.3) is 5.56 Å². The number of imidazole rings is 1. The molecule has 1 fully saturated rings. The van der Waals surface area contributed by atoms with Crippen LogP contribution in [0.4, 0.5) is 0 Å². The Labute approximate surface area is 195 Å². The fourth-order valence-corrected chi connectivity index (χ4v) is 4.08. The zero-order valence-electron chi connectivity index (χ0n) is 19.5. The van der Waals surface area contributed by atoms with Gasteiger partial charge in [-0.1, -0.05) is 6.07 Å². The van der Waals surface area contributed by atoms with Crippen LogP contribution in [-0.4, -0.2) is 79.3 Å². The standard InChI is InChI=1S/C23H28N6O5/c1-25-21-20(22(32)26(2)23(25)33)29(15-24-21)13-10-27-8-11-28(12-9-27)19(31)7-5-16-4-6-17(30)18(14-16)34-3/h4-7,14-15,30H,8-13H2,1-3H3/b7-5+. The van der Waals surface area contributed by atoms with Crippen molar-refractivity contribution in [2.24, 2.45) is 14.1 Å². The largest absolute Gasteiger partial charge is 0.504 e. The highest BCUT2D eigenvalue weighted by atomic mass is 16.5. The van der Waals surface area contributed by atoms with E-state index in [1.54, 1.807) is 41.1 Å². The molecule has 0 aliphatic carbocycles. The number of nitrogens with zero attached hydrogens (tertiary/aromatic N) is 6. The second-order valence-electron chi connectivity index (χ2n) is 8.25. The first-order valence-electron chi connectivity index (χ1n) is 11.0. The van der Waals surface area contributed by atoms with Gasteiger partial charge in [-0.2, -0.15) is 0 Å². The number of carbonyl (C=O) groups is 1. The van der Waals surface area contributed by atoms with Crippen molar-refractivity contribution in [1.82, 2.24) is 28.5 Å². The molecule has 0 atom stereocenters. The van der Waals surface area contributed by atoms with Crippen molar-refractivity contribution < 1.29 is 14.6 Å². The summed E-state index contributed by atoms with van der Waals surface area (Å²) >= 11 is 0. The van der Waals surface area contributed by atoms with E-state index in [-0.39, 0.29) is 17.2 Å². The fraction of sp³-hybridized carbons (Fsp3) is 0.391. The molecule has 0 saturated carbocycles. The Kier molecular flexibility index (Phi) is 6.55. The summed E-state index contributed by atoms with van der Waals surface area (Å²) in [6.45, 7) is 3.89. The molecule has 11 nitrogen and oxygen atoms in total. The number of phenols is 1. The Morgan fingerprint density at radius 3 is 2.56 bits per heavy atom. The molecule has 1 saturated heterocycles. The lowest BCUT2D eigenvalue weighted by molar-refractivity contribution is -0.127. The van der Waals surface area contributed by atoms with Gasteiger partial charge in [0.15, 0.2) is 22.7 Å². The van der Waals surface area contributed by atoms with Crippen molar-refractivity contribution in [2.45, 2.75) is 6.54 Å². The number of aromatic nitrogens is 4. The predicted molar refractivity (Wildman–Crippen MR) is 127 cm³/mol. The average Bonchev–Trinajstić information content (AvgIpc) is 3.28. The van der Waals surface area contributed by atoms with Crippen LogP contribution in [0.3, 0.4) is 0 Å². The van der Waals surface area contributed by atoms with Crippen LogP contribution < -0.4 is 16.0 Å². The van der Waals surface area contributed by atoms with Gasteiger partial charge in [0.2, 0.25) is 5.91 Å². The molecule has 0 spiro atoms. The van der Waals surface area contributed by atoms with E-state index in [0.717, 1.165) is 23.2 Å². The zero-order chi connectivity index (χ0) is 24.4. The molecule has 1 N–H and O–H groups in total. The number of phenolic OH excluding ortho intramolecular Hbond substituents is 1. The predicted octanol–water partition coefficient (Wildman–Crippen LogP) is 0.00550. The van der Waals surface area contributed by atoms with E-state index >= 15 is 0 Å². The first-order valence-corrected chi connectivity index (χ1v) is 11.0. The number of fused-ring (bicyclic) bond motifs is 1. The minimum Gasteiger partial charge on any atom is -0.504 e. The highest BCUT2D eigenvalue weighted by Crippen LogP contribution is 2.26. The van der Waals surface area contributed by atoms with E-state index in [4.69, 9.17) is 4.74 Å². The minimum absolute atomic E-state index is 0.0511. The van der Waals surface area contributed by atoms with Crippen LogP contribution in [0.1, 0.15) is 5.56 Å². The summed E-state index contributed by atoms with van der Waals surface area (Å²) < 4.78 is 9.34. The molecule has 1 aliphatic rings. The Balaban J connectivity index is 1.34. The number of amides is 1. The van der Waals surface area contributed by atoms with Gasteiger partial charge < -0.3 is 19.3 Å². The van der Waals surface area contributed by atoms with Crippen LogP contribution in [0, 0.1) is 0 Å². The fourth-order valence-electron chi connectivity index (χ4n) is 4.08. The van der Waals surface area contributed by atoms with Crippen molar-refractivity contribution in [2.75, 3.05) is 39.8 Å². The van der Waals surface area contributed by atoms with Crippen LogP contribution in [0.5, 0.6) is 11.5 Å². The molecule has 3 aromatic rings. The van der Waals surface area contributed by atoms with Gasteiger partial charge in [0, 0.05) is 59.4 Å². The van der Waals surface area contributed by atoms with Crippen molar-refractivity contribution in [1.29, 1.82) is 0 Å². The molecular weight excluding hydrogens is 440 g/mol. The molecule has 1 aromatic carbocycles. The number of methoxy groups -OCH3 is 1. The lowest BCUT2D eigenvalue weighted by atomic mass is 10.2. The maximum Gasteiger partial charge on any atom is 0.332 e. The average molecular weight is 469 g/mol. The summed E-state index contributed by atoms with van der Waals surface area (Å²) in [5.74, 6) is 0.334. The summed E-state index contributed by atoms with van der Waals surface area (Å²) in [7, 11) is 4.54. The van der Waals surface area contributed by atoms with Gasteiger partial charge in [0.1, 0.15) is 0 Å². The Bertz CT molecular complexity index is 1360. The van der Waals surface area contributed by atoms with Gasteiger partial charge >= 0.3 is 5.69 Å². The number of hydrogen-bond donors (Lipinski definition) is 1. The summed E-state index contributed by atoms with van der Waals surface area (Å²) in [4.78, 5) is 45.5. The molecule has 180 valence electrons. The number of rotatable bonds is 6. The smallest absolute Gasteiger partial charge is 0.332 e. The van der Waals surface area contributed by atoms with Crippen molar-refractivity contribution in [3.05, 3.63) is 57.0 Å². The molecular formula is C23H28N6O5. The van der Waals surface area contributed by atoms with Crippen LogP contribution in [-0.2, 0) is 25.4 Å². The normalized spacial score (nSPS) is 14.9. The van der Waals surface area contributed by atoms with E-state index < -0.39 is 5.69 Å². The summed E-state index contributed by atoms with van der Waals surface area (Å²) in [6, 6.07) is 4.91. The van der Waals surface area contributed by atoms with E-state index in [1.165, 1.54) is 30.9 Å². The molecule has 0 unspecified atom stereocenters. The monoisotopic (exact) mass is 468 g/mol. The lowest BCUT2D eigenvalue weighted by Gasteiger charge is -2.34. The number of ether oxygens (including phenoxy) is 1. The minimum atomic E-state index is -0.401. The molecule has 0 bridgehead atoms. The first kappa shape index (κ1) is 23.3. The molecule has 1 aliphatic heterocycles.